The fourth-order valence-electron chi connectivity index (χ4n) is 0.804. The van der Waals surface area contributed by atoms with Crippen molar-refractivity contribution in [2.75, 3.05) is 0 Å². The second kappa shape index (κ2) is 5.01. The Kier molecular flexibility index (Phi) is 5.73. The molecule has 0 heterocycles. The minimum Gasteiger partial charge on any atom is -0.107 e. The Morgan fingerprint density at radius 2 is 1.67 bits per heavy atom. The highest BCUT2D eigenvalue weighted by Crippen LogP contribution is 2.58. The normalized spacial score (nSPS) is 15.0. The zero-order chi connectivity index (χ0) is 7.44. The molecule has 3 atom stereocenters. The van der Waals surface area contributed by atoms with Gasteiger partial charge in [-0.15, -0.1) is 17.9 Å². The van der Waals surface area contributed by atoms with Gasteiger partial charge in [-0.1, -0.05) is 28.1 Å². The van der Waals surface area contributed by atoms with Gasteiger partial charge >= 0.3 is 0 Å². The Balaban J connectivity index is 3.38. The van der Waals surface area contributed by atoms with Gasteiger partial charge in [0, 0.05) is 0 Å². The predicted octanol–water partition coefficient (Wildman–Crippen LogP) is 3.48. The SMILES string of the molecule is CC(C)C[C@H](C)P(P)P. The van der Waals surface area contributed by atoms with E-state index in [0.717, 1.165) is 11.6 Å². The van der Waals surface area contributed by atoms with E-state index in [0.29, 0.717) is 0 Å². The standard InChI is InChI=1S/C6H17P3/c1-5(2)4-6(3)9(7)8/h5-6H,4,7-8H2,1-3H3/t6-/m0/s1. The molecule has 0 nitrogen and oxygen atoms in total. The molecular weight excluding hydrogens is 165 g/mol. The summed E-state index contributed by atoms with van der Waals surface area (Å²) in [6, 6.07) is 0. The van der Waals surface area contributed by atoms with Gasteiger partial charge in [0.1, 0.15) is 0 Å². The fraction of sp³-hybridized carbons (Fsp3) is 1.00. The lowest BCUT2D eigenvalue weighted by molar-refractivity contribution is 0.584. The average molecular weight is 182 g/mol. The van der Waals surface area contributed by atoms with E-state index in [1.165, 1.54) is 6.42 Å². The van der Waals surface area contributed by atoms with Gasteiger partial charge in [0.05, 0.1) is 0 Å². The summed E-state index contributed by atoms with van der Waals surface area (Å²) in [5.74, 6) is 0.853. The number of rotatable bonds is 3. The van der Waals surface area contributed by atoms with Crippen molar-refractivity contribution in [1.29, 1.82) is 0 Å². The van der Waals surface area contributed by atoms with E-state index < -0.39 is 0 Å². The summed E-state index contributed by atoms with van der Waals surface area (Å²) >= 11 is 0. The van der Waals surface area contributed by atoms with Gasteiger partial charge in [0.25, 0.3) is 0 Å². The molecule has 0 aromatic rings. The van der Waals surface area contributed by atoms with Gasteiger partial charge in [-0.3, -0.25) is 0 Å². The minimum atomic E-state index is 0.139. The Morgan fingerprint density at radius 1 is 1.22 bits per heavy atom. The zero-order valence-electron chi connectivity index (χ0n) is 6.46. The van der Waals surface area contributed by atoms with E-state index in [-0.39, 0.29) is 7.30 Å². The second-order valence-corrected chi connectivity index (χ2v) is 10.1. The molecule has 0 bridgehead atoms. The first-order valence-electron chi connectivity index (χ1n) is 3.32. The molecule has 0 radical (unpaired) electrons. The smallest absolute Gasteiger partial charge is 0.0167 e. The second-order valence-electron chi connectivity index (χ2n) is 2.93. The van der Waals surface area contributed by atoms with Crippen LogP contribution in [0.2, 0.25) is 0 Å². The molecule has 0 saturated carbocycles. The molecule has 0 aromatic heterocycles. The van der Waals surface area contributed by atoms with Crippen LogP contribution in [0.5, 0.6) is 0 Å². The van der Waals surface area contributed by atoms with Crippen molar-refractivity contribution < 1.29 is 0 Å². The van der Waals surface area contributed by atoms with Crippen LogP contribution in [0.4, 0.5) is 0 Å². The van der Waals surface area contributed by atoms with Crippen molar-refractivity contribution in [1.82, 2.24) is 0 Å². The van der Waals surface area contributed by atoms with Crippen molar-refractivity contribution >= 4 is 25.2 Å². The topological polar surface area (TPSA) is 0 Å². The first-order chi connectivity index (χ1) is 4.04. The summed E-state index contributed by atoms with van der Waals surface area (Å²) in [4.78, 5) is 0. The molecule has 0 rings (SSSR count). The third-order valence-corrected chi connectivity index (χ3v) is 5.60. The van der Waals surface area contributed by atoms with Crippen LogP contribution in [-0.2, 0) is 0 Å². The van der Waals surface area contributed by atoms with E-state index in [4.69, 9.17) is 0 Å². The Labute approximate surface area is 64.5 Å². The predicted molar refractivity (Wildman–Crippen MR) is 55.3 cm³/mol. The molecule has 2 unspecified atom stereocenters. The highest BCUT2D eigenvalue weighted by molar-refractivity contribution is 8.43. The molecule has 0 aliphatic rings. The van der Waals surface area contributed by atoms with Crippen LogP contribution in [0.15, 0.2) is 0 Å². The molecule has 0 N–H and O–H groups in total. The molecule has 0 saturated heterocycles. The third kappa shape index (κ3) is 5.72. The van der Waals surface area contributed by atoms with Crippen LogP contribution < -0.4 is 0 Å². The summed E-state index contributed by atoms with van der Waals surface area (Å²) in [7, 11) is 5.92. The lowest BCUT2D eigenvalue weighted by Gasteiger charge is -2.16. The third-order valence-electron chi connectivity index (χ3n) is 1.32. The van der Waals surface area contributed by atoms with Crippen molar-refractivity contribution in [3.63, 3.8) is 0 Å². The van der Waals surface area contributed by atoms with Crippen LogP contribution in [0.3, 0.4) is 0 Å². The zero-order valence-corrected chi connectivity index (χ0v) is 9.67. The lowest BCUT2D eigenvalue weighted by atomic mass is 10.1. The maximum Gasteiger partial charge on any atom is -0.0167 e. The Bertz CT molecular complexity index is 70.7. The van der Waals surface area contributed by atoms with E-state index in [1.807, 2.05) is 0 Å². The summed E-state index contributed by atoms with van der Waals surface area (Å²) in [5, 5.41) is 0. The first kappa shape index (κ1) is 10.3. The van der Waals surface area contributed by atoms with Gasteiger partial charge < -0.3 is 0 Å². The maximum absolute atomic E-state index is 2.89. The van der Waals surface area contributed by atoms with E-state index >= 15 is 0 Å². The van der Waals surface area contributed by atoms with Crippen molar-refractivity contribution in [2.24, 2.45) is 5.92 Å². The van der Waals surface area contributed by atoms with Gasteiger partial charge in [-0.05, 0) is 18.0 Å². The quantitative estimate of drug-likeness (QED) is 0.586. The molecule has 0 aliphatic heterocycles. The monoisotopic (exact) mass is 182 g/mol. The molecule has 0 aliphatic carbocycles. The molecule has 0 aromatic carbocycles. The average Bonchev–Trinajstić information content (AvgIpc) is 1.63. The van der Waals surface area contributed by atoms with Crippen LogP contribution in [0, 0.1) is 5.92 Å². The summed E-state index contributed by atoms with van der Waals surface area (Å²) in [5.41, 5.74) is 0.884. The maximum atomic E-state index is 2.89. The number of hydrogen-bond acceptors (Lipinski definition) is 0. The van der Waals surface area contributed by atoms with E-state index in [1.54, 1.807) is 0 Å². The van der Waals surface area contributed by atoms with Crippen molar-refractivity contribution in [3.8, 4) is 0 Å². The van der Waals surface area contributed by atoms with Crippen LogP contribution in [0.1, 0.15) is 27.2 Å². The molecule has 3 heteroatoms. The van der Waals surface area contributed by atoms with E-state index in [2.05, 4.69) is 38.6 Å². The van der Waals surface area contributed by atoms with Gasteiger partial charge in [-0.2, -0.15) is 0 Å². The number of hydrogen-bond donors (Lipinski definition) is 0. The fourth-order valence-corrected chi connectivity index (χ4v) is 2.20. The molecule has 9 heavy (non-hydrogen) atoms. The Morgan fingerprint density at radius 3 is 1.78 bits per heavy atom. The van der Waals surface area contributed by atoms with Crippen LogP contribution in [0.25, 0.3) is 0 Å². The molecule has 0 spiro atoms. The first-order valence-corrected chi connectivity index (χ1v) is 7.97. The van der Waals surface area contributed by atoms with Gasteiger partial charge in [0.15, 0.2) is 0 Å². The minimum absolute atomic E-state index is 0.139. The van der Waals surface area contributed by atoms with Gasteiger partial charge in [0.2, 0.25) is 0 Å². The van der Waals surface area contributed by atoms with Crippen LogP contribution in [-0.4, -0.2) is 5.66 Å². The molecule has 56 valence electrons. The highest BCUT2D eigenvalue weighted by Gasteiger charge is 2.07. The molecule has 0 amide bonds. The summed E-state index contributed by atoms with van der Waals surface area (Å²) in [6.45, 7) is 6.89. The largest absolute Gasteiger partial charge is 0.107 e. The summed E-state index contributed by atoms with van der Waals surface area (Å²) in [6.07, 6.45) is 1.36. The van der Waals surface area contributed by atoms with E-state index in [9.17, 15) is 0 Å². The van der Waals surface area contributed by atoms with Crippen molar-refractivity contribution in [2.45, 2.75) is 32.9 Å². The lowest BCUT2D eigenvalue weighted by Crippen LogP contribution is -1.99. The van der Waals surface area contributed by atoms with Gasteiger partial charge in [-0.25, -0.2) is 0 Å². The summed E-state index contributed by atoms with van der Waals surface area (Å²) < 4.78 is 0. The Hall–Kier alpha value is 1.29. The van der Waals surface area contributed by atoms with Crippen LogP contribution >= 0.6 is 25.2 Å². The highest BCUT2D eigenvalue weighted by atomic mass is 32.4. The van der Waals surface area contributed by atoms with Crippen molar-refractivity contribution in [3.05, 3.63) is 0 Å². The molecule has 0 fully saturated rings. The molecular formula is C6H17P3.